The van der Waals surface area contributed by atoms with Crippen molar-refractivity contribution < 1.29 is 4.74 Å². The fourth-order valence-corrected chi connectivity index (χ4v) is 4.25. The van der Waals surface area contributed by atoms with Gasteiger partial charge in [-0.15, -0.1) is 12.4 Å². The Morgan fingerprint density at radius 1 is 1.21 bits per heavy atom. The van der Waals surface area contributed by atoms with E-state index in [2.05, 4.69) is 31.0 Å². The Balaban J connectivity index is 0.00000205. The number of fused-ring (bicyclic) bond motifs is 2. The maximum Gasteiger partial charge on any atom is 0.166 e. The van der Waals surface area contributed by atoms with Gasteiger partial charge in [0, 0.05) is 53.9 Å². The van der Waals surface area contributed by atoms with Crippen molar-refractivity contribution in [1.82, 2.24) is 30.0 Å². The van der Waals surface area contributed by atoms with Crippen LogP contribution in [0.1, 0.15) is 37.1 Å². The van der Waals surface area contributed by atoms with E-state index in [0.717, 1.165) is 42.9 Å². The predicted molar refractivity (Wildman–Crippen MR) is 112 cm³/mol. The highest BCUT2D eigenvalue weighted by atomic mass is 35.5. The molecule has 1 fully saturated rings. The number of nitrogen functional groups attached to an aromatic ring is 1. The zero-order chi connectivity index (χ0) is 19.1. The third-order valence-electron chi connectivity index (χ3n) is 5.90. The van der Waals surface area contributed by atoms with Crippen LogP contribution in [0.15, 0.2) is 37.1 Å². The second kappa shape index (κ2) is 7.61. The number of nitrogens with zero attached hydrogens (tertiary/aromatic N) is 5. The smallest absolute Gasteiger partial charge is 0.166 e. The van der Waals surface area contributed by atoms with E-state index < -0.39 is 0 Å². The number of hydrogen-bond donors (Lipinski definition) is 2. The summed E-state index contributed by atoms with van der Waals surface area (Å²) in [6, 6.07) is 4.12. The highest BCUT2D eigenvalue weighted by molar-refractivity contribution is 5.85. The van der Waals surface area contributed by atoms with Gasteiger partial charge in [-0.2, -0.15) is 5.10 Å². The summed E-state index contributed by atoms with van der Waals surface area (Å²) in [7, 11) is 0. The van der Waals surface area contributed by atoms with Crippen molar-refractivity contribution in [3.63, 3.8) is 0 Å². The molecule has 1 saturated heterocycles. The standard InChI is InChI=1S/C20H23N7O.ClH/c1-13(15-8-23-12-24-9-15)28-17-6-14(10-25-19(17)21)16-7-18-20(2-4-22-11-20)3-5-27(18)26-16;/h6-10,12-13,22H,2-5,11H2,1H3,(H2,21,25);1H/t13-,20-;/m0./s1. The van der Waals surface area contributed by atoms with Crippen molar-refractivity contribution in [2.24, 2.45) is 0 Å². The molecule has 3 aromatic heterocycles. The number of halogens is 1. The van der Waals surface area contributed by atoms with Gasteiger partial charge in [-0.1, -0.05) is 0 Å². The van der Waals surface area contributed by atoms with Gasteiger partial charge in [0.25, 0.3) is 0 Å². The average Bonchev–Trinajstić information content (AvgIpc) is 3.43. The first-order valence-corrected chi connectivity index (χ1v) is 9.61. The fraction of sp³-hybridized carbons (Fsp3) is 0.400. The van der Waals surface area contributed by atoms with E-state index in [4.69, 9.17) is 15.6 Å². The molecule has 0 bridgehead atoms. The second-order valence-corrected chi connectivity index (χ2v) is 7.63. The minimum atomic E-state index is -0.236. The minimum Gasteiger partial charge on any atom is -0.482 e. The van der Waals surface area contributed by atoms with Crippen molar-refractivity contribution in [3.8, 4) is 17.0 Å². The molecule has 0 saturated carbocycles. The summed E-state index contributed by atoms with van der Waals surface area (Å²) in [6.45, 7) is 5.01. The van der Waals surface area contributed by atoms with E-state index in [0.29, 0.717) is 11.6 Å². The van der Waals surface area contributed by atoms with Crippen LogP contribution in [0.3, 0.4) is 0 Å². The highest BCUT2D eigenvalue weighted by Gasteiger charge is 2.42. The number of rotatable bonds is 4. The van der Waals surface area contributed by atoms with E-state index >= 15 is 0 Å². The van der Waals surface area contributed by atoms with Gasteiger partial charge in [0.2, 0.25) is 0 Å². The summed E-state index contributed by atoms with van der Waals surface area (Å²) in [5.41, 5.74) is 10.3. The van der Waals surface area contributed by atoms with E-state index in [1.807, 2.05) is 13.0 Å². The lowest BCUT2D eigenvalue weighted by Crippen LogP contribution is -2.25. The van der Waals surface area contributed by atoms with Crippen molar-refractivity contribution in [3.05, 3.63) is 48.3 Å². The Labute approximate surface area is 175 Å². The number of anilines is 1. The molecule has 5 heterocycles. The first-order chi connectivity index (χ1) is 13.6. The largest absolute Gasteiger partial charge is 0.482 e. The first kappa shape index (κ1) is 19.6. The zero-order valence-corrected chi connectivity index (χ0v) is 17.0. The minimum absolute atomic E-state index is 0. The maximum absolute atomic E-state index is 6.06. The number of nitrogens with one attached hydrogen (secondary N) is 1. The SMILES string of the molecule is C[C@H](Oc1cc(-c2cc3n(n2)CC[C@]32CCNC2)cnc1N)c1cncnc1.Cl. The van der Waals surface area contributed by atoms with E-state index in [1.165, 1.54) is 18.4 Å². The van der Waals surface area contributed by atoms with Crippen molar-refractivity contribution >= 4 is 18.2 Å². The molecule has 1 spiro atoms. The summed E-state index contributed by atoms with van der Waals surface area (Å²) in [5.74, 6) is 0.898. The lowest BCUT2D eigenvalue weighted by Gasteiger charge is -2.20. The fourth-order valence-electron chi connectivity index (χ4n) is 4.25. The van der Waals surface area contributed by atoms with Gasteiger partial charge in [-0.05, 0) is 38.4 Å². The molecule has 0 aromatic carbocycles. The van der Waals surface area contributed by atoms with Gasteiger partial charge < -0.3 is 15.8 Å². The number of hydrogen-bond acceptors (Lipinski definition) is 7. The molecule has 8 nitrogen and oxygen atoms in total. The Kier molecular flexibility index (Phi) is 5.14. The Morgan fingerprint density at radius 2 is 2.03 bits per heavy atom. The molecule has 2 aliphatic rings. The summed E-state index contributed by atoms with van der Waals surface area (Å²) in [4.78, 5) is 12.4. The molecule has 3 N–H and O–H groups in total. The third-order valence-corrected chi connectivity index (χ3v) is 5.90. The van der Waals surface area contributed by atoms with Gasteiger partial charge in [-0.3, -0.25) is 4.68 Å². The summed E-state index contributed by atoms with van der Waals surface area (Å²) < 4.78 is 8.19. The summed E-state index contributed by atoms with van der Waals surface area (Å²) in [6.07, 6.45) is 8.82. The van der Waals surface area contributed by atoms with Gasteiger partial charge >= 0.3 is 0 Å². The molecule has 0 radical (unpaired) electrons. The van der Waals surface area contributed by atoms with Crippen molar-refractivity contribution in [2.45, 2.75) is 37.8 Å². The molecule has 0 amide bonds. The van der Waals surface area contributed by atoms with Crippen LogP contribution in [-0.4, -0.2) is 37.8 Å². The first-order valence-electron chi connectivity index (χ1n) is 9.61. The molecule has 9 heteroatoms. The van der Waals surface area contributed by atoms with Gasteiger partial charge in [0.05, 0.1) is 5.69 Å². The molecular formula is C20H24ClN7O. The molecule has 2 aliphatic heterocycles. The van der Waals surface area contributed by atoms with Crippen LogP contribution >= 0.6 is 12.4 Å². The van der Waals surface area contributed by atoms with Crippen LogP contribution in [0.25, 0.3) is 11.3 Å². The van der Waals surface area contributed by atoms with Crippen LogP contribution in [0.2, 0.25) is 0 Å². The number of nitrogens with two attached hydrogens (primary N) is 1. The van der Waals surface area contributed by atoms with E-state index in [-0.39, 0.29) is 23.9 Å². The molecule has 0 unspecified atom stereocenters. The van der Waals surface area contributed by atoms with E-state index in [9.17, 15) is 0 Å². The topological polar surface area (TPSA) is 104 Å². The van der Waals surface area contributed by atoms with Crippen molar-refractivity contribution in [1.29, 1.82) is 0 Å². The lowest BCUT2D eigenvalue weighted by molar-refractivity contribution is 0.227. The molecule has 3 aromatic rings. The number of aryl methyl sites for hydroxylation is 1. The highest BCUT2D eigenvalue weighted by Crippen LogP contribution is 2.41. The Morgan fingerprint density at radius 3 is 2.79 bits per heavy atom. The number of ether oxygens (including phenoxy) is 1. The van der Waals surface area contributed by atoms with Crippen LogP contribution in [0.4, 0.5) is 5.82 Å². The molecule has 29 heavy (non-hydrogen) atoms. The van der Waals surface area contributed by atoms with Crippen LogP contribution in [0.5, 0.6) is 5.75 Å². The number of pyridine rings is 1. The molecule has 2 atom stereocenters. The van der Waals surface area contributed by atoms with Crippen molar-refractivity contribution in [2.75, 3.05) is 18.8 Å². The second-order valence-electron chi connectivity index (χ2n) is 7.63. The summed E-state index contributed by atoms with van der Waals surface area (Å²) >= 11 is 0. The third kappa shape index (κ3) is 3.42. The van der Waals surface area contributed by atoms with Crippen LogP contribution in [-0.2, 0) is 12.0 Å². The normalized spacial score (nSPS) is 21.0. The van der Waals surface area contributed by atoms with Gasteiger partial charge in [0.1, 0.15) is 12.4 Å². The van der Waals surface area contributed by atoms with Crippen LogP contribution in [0, 0.1) is 0 Å². The number of aromatic nitrogens is 5. The van der Waals surface area contributed by atoms with E-state index in [1.54, 1.807) is 18.6 Å². The molecular weight excluding hydrogens is 390 g/mol. The molecule has 152 valence electrons. The Bertz CT molecular complexity index is 1000. The lowest BCUT2D eigenvalue weighted by atomic mass is 9.82. The Hall–Kier alpha value is -2.71. The predicted octanol–water partition coefficient (Wildman–Crippen LogP) is 2.51. The molecule has 5 rings (SSSR count). The van der Waals surface area contributed by atoms with Gasteiger partial charge in [-0.25, -0.2) is 15.0 Å². The zero-order valence-electron chi connectivity index (χ0n) is 16.2. The molecule has 0 aliphatic carbocycles. The average molecular weight is 414 g/mol. The van der Waals surface area contributed by atoms with Gasteiger partial charge in [0.15, 0.2) is 11.6 Å². The quantitative estimate of drug-likeness (QED) is 0.677. The monoisotopic (exact) mass is 413 g/mol. The van der Waals surface area contributed by atoms with Crippen LogP contribution < -0.4 is 15.8 Å². The summed E-state index contributed by atoms with van der Waals surface area (Å²) in [5, 5.41) is 8.32. The maximum atomic E-state index is 6.06.